The first-order valence-corrected chi connectivity index (χ1v) is 8.11. The Bertz CT molecular complexity index is 722. The summed E-state index contributed by atoms with van der Waals surface area (Å²) in [6.07, 6.45) is 2.04. The molecule has 0 spiro atoms. The van der Waals surface area contributed by atoms with Crippen LogP contribution in [0.1, 0.15) is 43.6 Å². The van der Waals surface area contributed by atoms with E-state index in [9.17, 15) is 4.79 Å². The molecule has 2 rings (SSSR count). The Morgan fingerprint density at radius 3 is 2.50 bits per heavy atom. The molecule has 0 saturated heterocycles. The lowest BCUT2D eigenvalue weighted by Gasteiger charge is -2.16. The molecular formula is C18H26N4O2. The zero-order valence-electron chi connectivity index (χ0n) is 15.2. The maximum absolute atomic E-state index is 12.2. The Balaban J connectivity index is 2.00. The minimum atomic E-state index is -0.244. The van der Waals surface area contributed by atoms with Crippen LogP contribution in [0.25, 0.3) is 0 Å². The minimum Gasteiger partial charge on any atom is -0.491 e. The van der Waals surface area contributed by atoms with Crippen molar-refractivity contribution in [2.24, 2.45) is 7.05 Å². The molecule has 2 N–H and O–H groups in total. The average molecular weight is 330 g/mol. The van der Waals surface area contributed by atoms with Gasteiger partial charge in [-0.2, -0.15) is 5.10 Å². The highest BCUT2D eigenvalue weighted by molar-refractivity contribution is 5.90. The fourth-order valence-corrected chi connectivity index (χ4v) is 2.60. The number of urea groups is 1. The molecule has 2 aromatic rings. The Morgan fingerprint density at radius 2 is 1.96 bits per heavy atom. The van der Waals surface area contributed by atoms with Crippen molar-refractivity contribution in [1.82, 2.24) is 15.1 Å². The fraction of sp³-hybridized carbons (Fsp3) is 0.444. The SMILES string of the molecule is Cc1cc(OC(C)C)ccc1NC(=O)NC(C)c1cn(C)nc1C. The first-order chi connectivity index (χ1) is 11.3. The van der Waals surface area contributed by atoms with Crippen molar-refractivity contribution in [2.75, 3.05) is 5.32 Å². The highest BCUT2D eigenvalue weighted by Gasteiger charge is 2.15. The summed E-state index contributed by atoms with van der Waals surface area (Å²) in [5, 5.41) is 10.1. The van der Waals surface area contributed by atoms with Crippen molar-refractivity contribution in [3.05, 3.63) is 41.2 Å². The number of ether oxygens (including phenoxy) is 1. The van der Waals surface area contributed by atoms with Gasteiger partial charge in [0.2, 0.25) is 0 Å². The van der Waals surface area contributed by atoms with Gasteiger partial charge >= 0.3 is 6.03 Å². The molecule has 1 aromatic carbocycles. The number of aryl methyl sites for hydroxylation is 3. The Morgan fingerprint density at radius 1 is 1.25 bits per heavy atom. The molecule has 6 nitrogen and oxygen atoms in total. The second-order valence-electron chi connectivity index (χ2n) is 6.31. The standard InChI is InChI=1S/C18H26N4O2/c1-11(2)24-15-7-8-17(12(3)9-15)20-18(23)19-13(4)16-10-22(6)21-14(16)5/h7-11,13H,1-6H3,(H2,19,20,23). The van der Waals surface area contributed by atoms with Gasteiger partial charge in [-0.05, 0) is 58.4 Å². The van der Waals surface area contributed by atoms with Gasteiger partial charge in [0, 0.05) is 24.5 Å². The van der Waals surface area contributed by atoms with E-state index in [2.05, 4.69) is 15.7 Å². The molecule has 0 bridgehead atoms. The van der Waals surface area contributed by atoms with E-state index in [4.69, 9.17) is 4.74 Å². The van der Waals surface area contributed by atoms with Crippen molar-refractivity contribution in [3.63, 3.8) is 0 Å². The quantitative estimate of drug-likeness (QED) is 0.878. The van der Waals surface area contributed by atoms with Gasteiger partial charge in [0.1, 0.15) is 5.75 Å². The monoisotopic (exact) mass is 330 g/mol. The average Bonchev–Trinajstić information content (AvgIpc) is 2.80. The maximum Gasteiger partial charge on any atom is 0.319 e. The molecule has 0 fully saturated rings. The van der Waals surface area contributed by atoms with Crippen LogP contribution in [0, 0.1) is 13.8 Å². The van der Waals surface area contributed by atoms with Gasteiger partial charge < -0.3 is 15.4 Å². The van der Waals surface area contributed by atoms with Crippen molar-refractivity contribution in [1.29, 1.82) is 0 Å². The molecular weight excluding hydrogens is 304 g/mol. The van der Waals surface area contributed by atoms with Crippen molar-refractivity contribution >= 4 is 11.7 Å². The summed E-state index contributed by atoms with van der Waals surface area (Å²) in [4.78, 5) is 12.2. The van der Waals surface area contributed by atoms with Crippen LogP contribution in [0.4, 0.5) is 10.5 Å². The highest BCUT2D eigenvalue weighted by atomic mass is 16.5. The predicted octanol–water partition coefficient (Wildman–Crippen LogP) is 3.71. The van der Waals surface area contributed by atoms with Gasteiger partial charge in [-0.15, -0.1) is 0 Å². The molecule has 6 heteroatoms. The normalized spacial score (nSPS) is 12.1. The molecule has 1 unspecified atom stereocenters. The Labute approximate surface area is 143 Å². The van der Waals surface area contributed by atoms with E-state index in [1.165, 1.54) is 0 Å². The summed E-state index contributed by atoms with van der Waals surface area (Å²) in [6.45, 7) is 9.78. The van der Waals surface area contributed by atoms with Gasteiger partial charge in [-0.1, -0.05) is 0 Å². The fourth-order valence-electron chi connectivity index (χ4n) is 2.60. The molecule has 1 aromatic heterocycles. The van der Waals surface area contributed by atoms with E-state index in [0.717, 1.165) is 28.3 Å². The third-order valence-electron chi connectivity index (χ3n) is 3.68. The summed E-state index contributed by atoms with van der Waals surface area (Å²) >= 11 is 0. The number of anilines is 1. The smallest absolute Gasteiger partial charge is 0.319 e. The van der Waals surface area contributed by atoms with E-state index in [-0.39, 0.29) is 18.2 Å². The molecule has 0 aliphatic heterocycles. The Hall–Kier alpha value is -2.50. The summed E-state index contributed by atoms with van der Waals surface area (Å²) in [5.41, 5.74) is 3.63. The second kappa shape index (κ2) is 7.38. The first-order valence-electron chi connectivity index (χ1n) is 8.11. The Kier molecular flexibility index (Phi) is 5.49. The number of benzene rings is 1. The highest BCUT2D eigenvalue weighted by Crippen LogP contribution is 2.22. The lowest BCUT2D eigenvalue weighted by Crippen LogP contribution is -2.31. The number of nitrogens with zero attached hydrogens (tertiary/aromatic N) is 2. The summed E-state index contributed by atoms with van der Waals surface area (Å²) in [7, 11) is 1.87. The zero-order chi connectivity index (χ0) is 17.9. The third-order valence-corrected chi connectivity index (χ3v) is 3.68. The van der Waals surface area contributed by atoms with Crippen LogP contribution in [0.2, 0.25) is 0 Å². The summed E-state index contributed by atoms with van der Waals surface area (Å²) in [6, 6.07) is 5.27. The lowest BCUT2D eigenvalue weighted by molar-refractivity contribution is 0.242. The minimum absolute atomic E-state index is 0.120. The largest absolute Gasteiger partial charge is 0.491 e. The van der Waals surface area contributed by atoms with Crippen molar-refractivity contribution < 1.29 is 9.53 Å². The van der Waals surface area contributed by atoms with Crippen molar-refractivity contribution in [3.8, 4) is 5.75 Å². The molecule has 130 valence electrons. The van der Waals surface area contributed by atoms with Crippen molar-refractivity contribution in [2.45, 2.75) is 46.8 Å². The molecule has 0 saturated carbocycles. The van der Waals surface area contributed by atoms with Gasteiger partial charge in [-0.25, -0.2) is 4.79 Å². The molecule has 1 heterocycles. The van der Waals surface area contributed by atoms with Crippen LogP contribution in [0.15, 0.2) is 24.4 Å². The topological polar surface area (TPSA) is 68.2 Å². The van der Waals surface area contributed by atoms with Gasteiger partial charge in [0.15, 0.2) is 0 Å². The van der Waals surface area contributed by atoms with Gasteiger partial charge in [0.25, 0.3) is 0 Å². The predicted molar refractivity (Wildman–Crippen MR) is 95.5 cm³/mol. The zero-order valence-corrected chi connectivity index (χ0v) is 15.2. The van der Waals surface area contributed by atoms with Crippen LogP contribution in [0.3, 0.4) is 0 Å². The van der Waals surface area contributed by atoms with E-state index in [0.29, 0.717) is 0 Å². The number of hydrogen-bond acceptors (Lipinski definition) is 3. The molecule has 2 amide bonds. The number of carbonyl (C=O) groups is 1. The lowest BCUT2D eigenvalue weighted by atomic mass is 10.1. The number of rotatable bonds is 5. The summed E-state index contributed by atoms with van der Waals surface area (Å²) < 4.78 is 7.40. The molecule has 0 aliphatic carbocycles. The number of hydrogen-bond donors (Lipinski definition) is 2. The molecule has 0 aliphatic rings. The molecule has 1 atom stereocenters. The molecule has 24 heavy (non-hydrogen) atoms. The first kappa shape index (κ1) is 17.8. The second-order valence-corrected chi connectivity index (χ2v) is 6.31. The third kappa shape index (κ3) is 4.50. The number of nitrogens with one attached hydrogen (secondary N) is 2. The van der Waals surface area contributed by atoms with Crippen LogP contribution in [-0.2, 0) is 7.05 Å². The molecule has 0 radical (unpaired) electrons. The van der Waals surface area contributed by atoms with Crippen LogP contribution in [-0.4, -0.2) is 21.9 Å². The van der Waals surface area contributed by atoms with E-state index < -0.39 is 0 Å². The number of carbonyl (C=O) groups excluding carboxylic acids is 1. The van der Waals surface area contributed by atoms with Gasteiger partial charge in [-0.3, -0.25) is 4.68 Å². The number of amides is 2. The number of aromatic nitrogens is 2. The van der Waals surface area contributed by atoms with Crippen LogP contribution in [0.5, 0.6) is 5.75 Å². The summed E-state index contributed by atoms with van der Waals surface area (Å²) in [5.74, 6) is 0.799. The van der Waals surface area contributed by atoms with E-state index >= 15 is 0 Å². The maximum atomic E-state index is 12.2. The van der Waals surface area contributed by atoms with Crippen LogP contribution < -0.4 is 15.4 Å². The van der Waals surface area contributed by atoms with E-state index in [1.807, 2.05) is 66.1 Å². The van der Waals surface area contributed by atoms with Crippen LogP contribution >= 0.6 is 0 Å². The van der Waals surface area contributed by atoms with Gasteiger partial charge in [0.05, 0.1) is 17.8 Å². The van der Waals surface area contributed by atoms with E-state index in [1.54, 1.807) is 4.68 Å².